The van der Waals surface area contributed by atoms with Crippen LogP contribution in [0.5, 0.6) is 0 Å². The molecular formula is C11H21F3N2O. The van der Waals surface area contributed by atoms with E-state index < -0.39 is 12.8 Å². The molecule has 1 N–H and O–H groups in total. The van der Waals surface area contributed by atoms with Crippen molar-refractivity contribution in [3.8, 4) is 0 Å². The predicted molar refractivity (Wildman–Crippen MR) is 60.0 cm³/mol. The van der Waals surface area contributed by atoms with Crippen molar-refractivity contribution in [1.82, 2.24) is 10.2 Å². The molecule has 1 rings (SSSR count). The Kier molecular flexibility index (Phi) is 6.22. The van der Waals surface area contributed by atoms with Crippen LogP contribution in [0, 0.1) is 0 Å². The third kappa shape index (κ3) is 6.24. The molecule has 1 unspecified atom stereocenters. The molecular weight excluding hydrogens is 233 g/mol. The first-order valence-electron chi connectivity index (χ1n) is 6.12. The Morgan fingerprint density at radius 1 is 1.41 bits per heavy atom. The molecule has 1 fully saturated rings. The first kappa shape index (κ1) is 14.7. The lowest BCUT2D eigenvalue weighted by molar-refractivity contribution is -0.174. The van der Waals surface area contributed by atoms with E-state index in [2.05, 4.69) is 21.9 Å². The molecule has 0 saturated carbocycles. The lowest BCUT2D eigenvalue weighted by Gasteiger charge is -2.26. The number of ether oxygens (including phenoxy) is 1. The molecule has 0 spiro atoms. The van der Waals surface area contributed by atoms with Gasteiger partial charge in [-0.1, -0.05) is 6.92 Å². The maximum atomic E-state index is 11.8. The lowest BCUT2D eigenvalue weighted by atomic mass is 10.2. The highest BCUT2D eigenvalue weighted by Crippen LogP contribution is 2.14. The van der Waals surface area contributed by atoms with E-state index in [0.29, 0.717) is 12.5 Å². The van der Waals surface area contributed by atoms with Crippen LogP contribution in [0.15, 0.2) is 0 Å². The molecule has 17 heavy (non-hydrogen) atoms. The fourth-order valence-electron chi connectivity index (χ4n) is 2.11. The van der Waals surface area contributed by atoms with Gasteiger partial charge in [0.25, 0.3) is 0 Å². The summed E-state index contributed by atoms with van der Waals surface area (Å²) in [4.78, 5) is 2.30. The number of alkyl halides is 3. The van der Waals surface area contributed by atoms with E-state index in [1.165, 1.54) is 0 Å². The molecule has 0 aromatic heterocycles. The standard InChI is InChI=1S/C11H21F3N2O/c1-2-16(10-4-5-15-8-10)6-3-7-17-9-11(12,13)14/h10,15H,2-9H2,1H3. The highest BCUT2D eigenvalue weighted by Gasteiger charge is 2.27. The van der Waals surface area contributed by atoms with Crippen molar-refractivity contribution in [2.24, 2.45) is 0 Å². The Morgan fingerprint density at radius 3 is 2.71 bits per heavy atom. The highest BCUT2D eigenvalue weighted by atomic mass is 19.4. The van der Waals surface area contributed by atoms with Crippen LogP contribution in [0.3, 0.4) is 0 Å². The van der Waals surface area contributed by atoms with Crippen LogP contribution in [0.1, 0.15) is 19.8 Å². The molecule has 3 nitrogen and oxygen atoms in total. The van der Waals surface area contributed by atoms with Gasteiger partial charge in [0.2, 0.25) is 0 Å². The fourth-order valence-corrected chi connectivity index (χ4v) is 2.11. The van der Waals surface area contributed by atoms with Crippen LogP contribution in [0.25, 0.3) is 0 Å². The summed E-state index contributed by atoms with van der Waals surface area (Å²) in [5, 5.41) is 3.29. The molecule has 0 aromatic carbocycles. The Morgan fingerprint density at radius 2 is 2.18 bits per heavy atom. The van der Waals surface area contributed by atoms with E-state index >= 15 is 0 Å². The first-order chi connectivity index (χ1) is 8.03. The number of nitrogens with one attached hydrogen (secondary N) is 1. The molecule has 0 radical (unpaired) electrons. The maximum Gasteiger partial charge on any atom is 0.411 e. The number of hydrogen-bond donors (Lipinski definition) is 1. The van der Waals surface area contributed by atoms with Gasteiger partial charge in [-0.15, -0.1) is 0 Å². The van der Waals surface area contributed by atoms with E-state index in [0.717, 1.165) is 32.6 Å². The van der Waals surface area contributed by atoms with Gasteiger partial charge in [0, 0.05) is 25.7 Å². The molecule has 6 heteroatoms. The van der Waals surface area contributed by atoms with E-state index in [4.69, 9.17) is 0 Å². The predicted octanol–water partition coefficient (Wildman–Crippen LogP) is 1.64. The minimum atomic E-state index is -4.21. The number of hydrogen-bond acceptors (Lipinski definition) is 3. The van der Waals surface area contributed by atoms with Crippen molar-refractivity contribution in [1.29, 1.82) is 0 Å². The molecule has 1 aliphatic heterocycles. The van der Waals surface area contributed by atoms with E-state index in [1.807, 2.05) is 0 Å². The first-order valence-corrected chi connectivity index (χ1v) is 6.12. The lowest BCUT2D eigenvalue weighted by Crippen LogP contribution is -2.37. The number of nitrogens with zero attached hydrogens (tertiary/aromatic N) is 1. The number of rotatable bonds is 7. The van der Waals surface area contributed by atoms with Crippen LogP contribution in [0.2, 0.25) is 0 Å². The van der Waals surface area contributed by atoms with Gasteiger partial charge in [-0.2, -0.15) is 13.2 Å². The molecule has 1 aliphatic rings. The molecule has 102 valence electrons. The van der Waals surface area contributed by atoms with Gasteiger partial charge in [-0.25, -0.2) is 0 Å². The molecule has 0 bridgehead atoms. The Balaban J connectivity index is 2.07. The molecule has 1 heterocycles. The summed E-state index contributed by atoms with van der Waals surface area (Å²) in [6, 6.07) is 0.530. The van der Waals surface area contributed by atoms with Crippen LogP contribution in [-0.2, 0) is 4.74 Å². The zero-order chi connectivity index (χ0) is 12.7. The van der Waals surface area contributed by atoms with Crippen LogP contribution in [-0.4, -0.2) is 56.5 Å². The van der Waals surface area contributed by atoms with E-state index in [-0.39, 0.29) is 6.61 Å². The summed E-state index contributed by atoms with van der Waals surface area (Å²) in [5.74, 6) is 0. The van der Waals surface area contributed by atoms with E-state index in [9.17, 15) is 13.2 Å². The molecule has 1 saturated heterocycles. The zero-order valence-corrected chi connectivity index (χ0v) is 10.2. The van der Waals surface area contributed by atoms with Crippen LogP contribution in [0.4, 0.5) is 13.2 Å². The van der Waals surface area contributed by atoms with Crippen LogP contribution < -0.4 is 5.32 Å². The number of likely N-dealkylation sites (N-methyl/N-ethyl adjacent to an activating group) is 1. The summed E-state index contributed by atoms with van der Waals surface area (Å²) in [5.41, 5.74) is 0. The second kappa shape index (κ2) is 7.18. The summed E-state index contributed by atoms with van der Waals surface area (Å²) in [7, 11) is 0. The smallest absolute Gasteiger partial charge is 0.372 e. The van der Waals surface area contributed by atoms with Gasteiger partial charge >= 0.3 is 6.18 Å². The SMILES string of the molecule is CCN(CCCOCC(F)(F)F)C1CCNC1. The summed E-state index contributed by atoms with van der Waals surface area (Å²) >= 11 is 0. The third-order valence-corrected chi connectivity index (χ3v) is 2.96. The average molecular weight is 254 g/mol. The van der Waals surface area contributed by atoms with Crippen molar-refractivity contribution in [2.75, 3.05) is 39.4 Å². The fraction of sp³-hybridized carbons (Fsp3) is 1.00. The second-order valence-electron chi connectivity index (χ2n) is 4.30. The average Bonchev–Trinajstić information content (AvgIpc) is 2.75. The van der Waals surface area contributed by atoms with Gasteiger partial charge in [-0.3, -0.25) is 4.90 Å². The Labute approximate surface area is 100 Å². The number of halogens is 3. The third-order valence-electron chi connectivity index (χ3n) is 2.96. The van der Waals surface area contributed by atoms with Gasteiger partial charge in [0.15, 0.2) is 0 Å². The van der Waals surface area contributed by atoms with Crippen LogP contribution >= 0.6 is 0 Å². The van der Waals surface area contributed by atoms with Gasteiger partial charge in [0.1, 0.15) is 6.61 Å². The second-order valence-corrected chi connectivity index (χ2v) is 4.30. The van der Waals surface area contributed by atoms with Gasteiger partial charge in [0.05, 0.1) is 0 Å². The minimum Gasteiger partial charge on any atom is -0.372 e. The summed E-state index contributed by atoms with van der Waals surface area (Å²) in [6.45, 7) is 4.88. The highest BCUT2D eigenvalue weighted by molar-refractivity contribution is 4.79. The zero-order valence-electron chi connectivity index (χ0n) is 10.2. The summed E-state index contributed by atoms with van der Waals surface area (Å²) in [6.07, 6.45) is -2.43. The van der Waals surface area contributed by atoms with Crippen molar-refractivity contribution in [3.63, 3.8) is 0 Å². The Bertz CT molecular complexity index is 205. The minimum absolute atomic E-state index is 0.177. The monoisotopic (exact) mass is 254 g/mol. The van der Waals surface area contributed by atoms with Crippen molar-refractivity contribution >= 4 is 0 Å². The normalized spacial score (nSPS) is 21.4. The summed E-state index contributed by atoms with van der Waals surface area (Å²) < 4.78 is 40.0. The van der Waals surface area contributed by atoms with Gasteiger partial charge < -0.3 is 10.1 Å². The molecule has 1 atom stereocenters. The molecule has 0 aromatic rings. The topological polar surface area (TPSA) is 24.5 Å². The van der Waals surface area contributed by atoms with Gasteiger partial charge in [-0.05, 0) is 25.9 Å². The molecule has 0 amide bonds. The van der Waals surface area contributed by atoms with E-state index in [1.54, 1.807) is 0 Å². The quantitative estimate of drug-likeness (QED) is 0.699. The molecule has 0 aliphatic carbocycles. The largest absolute Gasteiger partial charge is 0.411 e. The van der Waals surface area contributed by atoms with Crippen molar-refractivity contribution in [2.45, 2.75) is 32.0 Å². The maximum absolute atomic E-state index is 11.8. The Hall–Kier alpha value is -0.330. The van der Waals surface area contributed by atoms with Crippen molar-refractivity contribution < 1.29 is 17.9 Å². The van der Waals surface area contributed by atoms with Crippen molar-refractivity contribution in [3.05, 3.63) is 0 Å².